The van der Waals surface area contributed by atoms with E-state index in [0.717, 1.165) is 37.3 Å². The van der Waals surface area contributed by atoms with E-state index in [-0.39, 0.29) is 5.91 Å². The van der Waals surface area contributed by atoms with Gasteiger partial charge in [-0.15, -0.1) is 0 Å². The molecule has 1 aromatic rings. The molecule has 0 aromatic carbocycles. The number of rotatable bonds is 5. The number of aromatic nitrogens is 1. The van der Waals surface area contributed by atoms with Gasteiger partial charge in [-0.1, -0.05) is 6.07 Å². The number of methoxy groups -OCH3 is 1. The molecular formula is C16H25N3O2. The minimum Gasteiger partial charge on any atom is -0.384 e. The van der Waals surface area contributed by atoms with E-state index in [1.807, 2.05) is 32.2 Å². The summed E-state index contributed by atoms with van der Waals surface area (Å²) in [6, 6.07) is 5.90. The second-order valence-corrected chi connectivity index (χ2v) is 5.89. The van der Waals surface area contributed by atoms with Gasteiger partial charge in [0.15, 0.2) is 0 Å². The standard InChI is InChI=1S/C16H25N3O2/c1-13-5-4-6-14(18-13)11-19(2)15(20)16(12-21-3)7-9-17-10-8-16/h4-6,17H,7-12H2,1-3H3. The van der Waals surface area contributed by atoms with Gasteiger partial charge in [-0.3, -0.25) is 9.78 Å². The predicted octanol–water partition coefficient (Wildman–Crippen LogP) is 1.36. The van der Waals surface area contributed by atoms with E-state index in [1.165, 1.54) is 0 Å². The number of nitrogens with one attached hydrogen (secondary N) is 1. The van der Waals surface area contributed by atoms with Crippen molar-refractivity contribution in [3.05, 3.63) is 29.6 Å². The molecule has 1 amide bonds. The molecule has 0 atom stereocenters. The Morgan fingerprint density at radius 3 is 2.76 bits per heavy atom. The van der Waals surface area contributed by atoms with Crippen molar-refractivity contribution < 1.29 is 9.53 Å². The monoisotopic (exact) mass is 291 g/mol. The maximum absolute atomic E-state index is 12.9. The number of carbonyl (C=O) groups excluding carboxylic acids is 1. The van der Waals surface area contributed by atoms with Gasteiger partial charge in [0.05, 0.1) is 24.3 Å². The van der Waals surface area contributed by atoms with E-state index >= 15 is 0 Å². The van der Waals surface area contributed by atoms with Crippen LogP contribution in [0.1, 0.15) is 24.2 Å². The lowest BCUT2D eigenvalue weighted by Gasteiger charge is -2.38. The van der Waals surface area contributed by atoms with E-state index < -0.39 is 5.41 Å². The van der Waals surface area contributed by atoms with Crippen LogP contribution >= 0.6 is 0 Å². The molecule has 21 heavy (non-hydrogen) atoms. The van der Waals surface area contributed by atoms with Crippen LogP contribution in [0.2, 0.25) is 0 Å². The van der Waals surface area contributed by atoms with Crippen LogP contribution in [0.25, 0.3) is 0 Å². The fourth-order valence-electron chi connectivity index (χ4n) is 3.01. The van der Waals surface area contributed by atoms with Gasteiger partial charge in [-0.05, 0) is 45.0 Å². The molecule has 1 fully saturated rings. The molecule has 116 valence electrons. The minimum absolute atomic E-state index is 0.161. The number of hydrogen-bond donors (Lipinski definition) is 1. The minimum atomic E-state index is -0.390. The zero-order valence-corrected chi connectivity index (χ0v) is 13.2. The fraction of sp³-hybridized carbons (Fsp3) is 0.625. The van der Waals surface area contributed by atoms with Crippen molar-refractivity contribution in [3.63, 3.8) is 0 Å². The van der Waals surface area contributed by atoms with Gasteiger partial charge in [0.1, 0.15) is 0 Å². The molecule has 0 spiro atoms. The van der Waals surface area contributed by atoms with Crippen LogP contribution < -0.4 is 5.32 Å². The Labute approximate surface area is 126 Å². The summed E-state index contributed by atoms with van der Waals surface area (Å²) in [5, 5.41) is 3.31. The summed E-state index contributed by atoms with van der Waals surface area (Å²) in [7, 11) is 3.52. The number of hydrogen-bond acceptors (Lipinski definition) is 4. The molecule has 0 unspecified atom stereocenters. The fourth-order valence-corrected chi connectivity index (χ4v) is 3.01. The van der Waals surface area contributed by atoms with Crippen LogP contribution in [0.3, 0.4) is 0 Å². The number of carbonyl (C=O) groups is 1. The normalized spacial score (nSPS) is 17.5. The Balaban J connectivity index is 2.09. The topological polar surface area (TPSA) is 54.5 Å². The van der Waals surface area contributed by atoms with Crippen molar-refractivity contribution in [1.82, 2.24) is 15.2 Å². The van der Waals surface area contributed by atoms with E-state index in [4.69, 9.17) is 4.74 Å². The van der Waals surface area contributed by atoms with Crippen LogP contribution in [0.4, 0.5) is 0 Å². The van der Waals surface area contributed by atoms with E-state index in [1.54, 1.807) is 12.0 Å². The Morgan fingerprint density at radius 2 is 2.14 bits per heavy atom. The number of aryl methyl sites for hydroxylation is 1. The first-order valence-electron chi connectivity index (χ1n) is 7.45. The highest BCUT2D eigenvalue weighted by atomic mass is 16.5. The number of pyridine rings is 1. The average molecular weight is 291 g/mol. The summed E-state index contributed by atoms with van der Waals surface area (Å²) in [5.41, 5.74) is 1.51. The van der Waals surface area contributed by atoms with Crippen LogP contribution in [0.5, 0.6) is 0 Å². The van der Waals surface area contributed by atoms with Crippen molar-refractivity contribution in [2.24, 2.45) is 5.41 Å². The third-order valence-corrected chi connectivity index (χ3v) is 4.13. The molecule has 0 saturated carbocycles. The summed E-state index contributed by atoms with van der Waals surface area (Å²) >= 11 is 0. The van der Waals surface area contributed by atoms with Crippen LogP contribution in [-0.2, 0) is 16.1 Å². The van der Waals surface area contributed by atoms with Crippen molar-refractivity contribution in [2.75, 3.05) is 33.9 Å². The SMILES string of the molecule is COCC1(C(=O)N(C)Cc2cccc(C)n2)CCNCC1. The first-order valence-corrected chi connectivity index (χ1v) is 7.45. The van der Waals surface area contributed by atoms with Crippen molar-refractivity contribution in [1.29, 1.82) is 0 Å². The molecule has 0 aliphatic carbocycles. The summed E-state index contributed by atoms with van der Waals surface area (Å²) < 4.78 is 5.33. The molecule has 1 aliphatic heterocycles. The van der Waals surface area contributed by atoms with Crippen molar-refractivity contribution in [3.8, 4) is 0 Å². The Bertz CT molecular complexity index is 479. The smallest absolute Gasteiger partial charge is 0.231 e. The molecule has 2 heterocycles. The van der Waals surface area contributed by atoms with Crippen LogP contribution in [0.15, 0.2) is 18.2 Å². The second kappa shape index (κ2) is 7.00. The van der Waals surface area contributed by atoms with Crippen molar-refractivity contribution >= 4 is 5.91 Å². The van der Waals surface area contributed by atoms with E-state index in [9.17, 15) is 4.79 Å². The summed E-state index contributed by atoms with van der Waals surface area (Å²) in [6.07, 6.45) is 1.65. The molecular weight excluding hydrogens is 266 g/mol. The highest BCUT2D eigenvalue weighted by Crippen LogP contribution is 2.31. The lowest BCUT2D eigenvalue weighted by atomic mass is 9.78. The second-order valence-electron chi connectivity index (χ2n) is 5.89. The summed E-state index contributed by atoms with van der Waals surface area (Å²) in [6.45, 7) is 4.72. The molecule has 1 aliphatic rings. The summed E-state index contributed by atoms with van der Waals surface area (Å²) in [4.78, 5) is 19.1. The van der Waals surface area contributed by atoms with Crippen molar-refractivity contribution in [2.45, 2.75) is 26.3 Å². The van der Waals surface area contributed by atoms with E-state index in [2.05, 4.69) is 10.3 Å². The number of nitrogens with zero attached hydrogens (tertiary/aromatic N) is 2. The van der Waals surface area contributed by atoms with Gasteiger partial charge in [0.25, 0.3) is 0 Å². The Kier molecular flexibility index (Phi) is 5.31. The maximum atomic E-state index is 12.9. The van der Waals surface area contributed by atoms with E-state index in [0.29, 0.717) is 13.2 Å². The highest BCUT2D eigenvalue weighted by molar-refractivity contribution is 5.82. The quantitative estimate of drug-likeness (QED) is 0.890. The zero-order chi connectivity index (χ0) is 15.3. The molecule has 0 radical (unpaired) electrons. The molecule has 1 aromatic heterocycles. The first-order chi connectivity index (χ1) is 10.1. The third-order valence-electron chi connectivity index (χ3n) is 4.13. The van der Waals surface area contributed by atoms with Gasteiger partial charge in [-0.25, -0.2) is 0 Å². The van der Waals surface area contributed by atoms with Crippen LogP contribution in [-0.4, -0.2) is 49.6 Å². The number of ether oxygens (including phenoxy) is 1. The van der Waals surface area contributed by atoms with Gasteiger partial charge in [-0.2, -0.15) is 0 Å². The number of piperidine rings is 1. The Hall–Kier alpha value is -1.46. The first kappa shape index (κ1) is 15.9. The van der Waals surface area contributed by atoms with Gasteiger partial charge < -0.3 is 15.0 Å². The van der Waals surface area contributed by atoms with Gasteiger partial charge >= 0.3 is 0 Å². The molecule has 1 N–H and O–H groups in total. The zero-order valence-electron chi connectivity index (χ0n) is 13.2. The predicted molar refractivity (Wildman–Crippen MR) is 81.9 cm³/mol. The lowest BCUT2D eigenvalue weighted by molar-refractivity contribution is -0.146. The molecule has 2 rings (SSSR count). The highest BCUT2D eigenvalue weighted by Gasteiger charge is 2.41. The number of amides is 1. The maximum Gasteiger partial charge on any atom is 0.231 e. The summed E-state index contributed by atoms with van der Waals surface area (Å²) in [5.74, 6) is 0.161. The third kappa shape index (κ3) is 3.80. The average Bonchev–Trinajstić information content (AvgIpc) is 2.47. The molecule has 1 saturated heterocycles. The largest absolute Gasteiger partial charge is 0.384 e. The van der Waals surface area contributed by atoms with Gasteiger partial charge in [0, 0.05) is 19.9 Å². The molecule has 0 bridgehead atoms. The molecule has 5 heteroatoms. The molecule has 5 nitrogen and oxygen atoms in total. The Morgan fingerprint density at radius 1 is 1.43 bits per heavy atom. The van der Waals surface area contributed by atoms with Gasteiger partial charge in [0.2, 0.25) is 5.91 Å². The van der Waals surface area contributed by atoms with Crippen LogP contribution in [0, 0.1) is 12.3 Å². The lowest BCUT2D eigenvalue weighted by Crippen LogP contribution is -2.50.